The summed E-state index contributed by atoms with van der Waals surface area (Å²) in [5, 5.41) is 4.99. The van der Waals surface area contributed by atoms with Gasteiger partial charge >= 0.3 is 0 Å². The normalized spacial score (nSPS) is 24.2. The second-order valence-corrected chi connectivity index (χ2v) is 6.91. The molecule has 0 saturated heterocycles. The van der Waals surface area contributed by atoms with Crippen LogP contribution in [0.2, 0.25) is 0 Å². The van der Waals surface area contributed by atoms with Crippen molar-refractivity contribution in [2.75, 3.05) is 6.54 Å². The molecule has 1 aliphatic rings. The molecular weight excluding hydrogens is 258 g/mol. The van der Waals surface area contributed by atoms with E-state index in [-0.39, 0.29) is 5.41 Å². The lowest BCUT2D eigenvalue weighted by molar-refractivity contribution is 0.0562. The summed E-state index contributed by atoms with van der Waals surface area (Å²) in [6, 6.07) is 9.07. The van der Waals surface area contributed by atoms with Gasteiger partial charge in [0.2, 0.25) is 0 Å². The maximum atomic E-state index is 6.25. The molecule has 1 N–H and O–H groups in total. The average Bonchev–Trinajstić information content (AvgIpc) is 2.84. The van der Waals surface area contributed by atoms with Crippen LogP contribution < -0.4 is 5.32 Å². The molecule has 21 heavy (non-hydrogen) atoms. The molecule has 1 aromatic carbocycles. The fourth-order valence-corrected chi connectivity index (χ4v) is 3.80. The zero-order chi connectivity index (χ0) is 15.0. The monoisotopic (exact) mass is 285 g/mol. The number of rotatable bonds is 5. The predicted molar refractivity (Wildman–Crippen MR) is 88.8 cm³/mol. The third-order valence-electron chi connectivity index (χ3n) is 5.31. The first-order valence-electron chi connectivity index (χ1n) is 8.33. The standard InChI is InChI=1S/C19H27NO/c1-5-11-20-17-12-15(19(17,3)4)18-13(6-2)14-9-7-8-10-16(14)21-18/h7-10,15,17,20H,5-6,11-12H2,1-4H3. The van der Waals surface area contributed by atoms with Gasteiger partial charge in [-0.3, -0.25) is 0 Å². The molecule has 0 amide bonds. The molecule has 1 saturated carbocycles. The molecule has 1 aromatic heterocycles. The zero-order valence-corrected chi connectivity index (χ0v) is 13.7. The lowest BCUT2D eigenvalue weighted by atomic mass is 9.57. The largest absolute Gasteiger partial charge is 0.460 e. The number of fused-ring (bicyclic) bond motifs is 1. The number of aryl methyl sites for hydroxylation is 1. The van der Waals surface area contributed by atoms with Crippen molar-refractivity contribution >= 4 is 11.0 Å². The highest BCUT2D eigenvalue weighted by molar-refractivity contribution is 5.82. The van der Waals surface area contributed by atoms with E-state index in [1.165, 1.54) is 29.6 Å². The van der Waals surface area contributed by atoms with Crippen LogP contribution in [-0.2, 0) is 6.42 Å². The first kappa shape index (κ1) is 14.6. The quantitative estimate of drug-likeness (QED) is 0.847. The van der Waals surface area contributed by atoms with Crippen molar-refractivity contribution in [3.63, 3.8) is 0 Å². The first-order chi connectivity index (χ1) is 10.1. The number of hydrogen-bond donors (Lipinski definition) is 1. The Morgan fingerprint density at radius 3 is 2.67 bits per heavy atom. The fraction of sp³-hybridized carbons (Fsp3) is 0.579. The summed E-state index contributed by atoms with van der Waals surface area (Å²) in [4.78, 5) is 0. The lowest BCUT2D eigenvalue weighted by Crippen LogP contribution is -2.55. The van der Waals surface area contributed by atoms with Crippen molar-refractivity contribution < 1.29 is 4.42 Å². The minimum atomic E-state index is 0.271. The molecular formula is C19H27NO. The van der Waals surface area contributed by atoms with E-state index in [1.807, 2.05) is 0 Å². The average molecular weight is 285 g/mol. The van der Waals surface area contributed by atoms with Crippen LogP contribution in [0.1, 0.15) is 57.8 Å². The highest BCUT2D eigenvalue weighted by Gasteiger charge is 2.50. The Morgan fingerprint density at radius 2 is 2.00 bits per heavy atom. The molecule has 1 heterocycles. The van der Waals surface area contributed by atoms with Crippen molar-refractivity contribution in [3.8, 4) is 0 Å². The van der Waals surface area contributed by atoms with Crippen LogP contribution in [0, 0.1) is 5.41 Å². The Bertz CT molecular complexity index is 626. The summed E-state index contributed by atoms with van der Waals surface area (Å²) >= 11 is 0. The van der Waals surface area contributed by atoms with E-state index in [2.05, 4.69) is 57.3 Å². The second-order valence-electron chi connectivity index (χ2n) is 6.91. The van der Waals surface area contributed by atoms with Gasteiger partial charge in [0, 0.05) is 22.9 Å². The third kappa shape index (κ3) is 2.30. The molecule has 114 valence electrons. The van der Waals surface area contributed by atoms with Crippen molar-refractivity contribution in [3.05, 3.63) is 35.6 Å². The van der Waals surface area contributed by atoms with Gasteiger partial charge in [-0.25, -0.2) is 0 Å². The van der Waals surface area contributed by atoms with E-state index >= 15 is 0 Å². The molecule has 2 heteroatoms. The first-order valence-corrected chi connectivity index (χ1v) is 8.33. The molecule has 3 rings (SSSR count). The number of nitrogens with one attached hydrogen (secondary N) is 1. The Kier molecular flexibility index (Phi) is 3.83. The fourth-order valence-electron chi connectivity index (χ4n) is 3.80. The van der Waals surface area contributed by atoms with Gasteiger partial charge in [0.1, 0.15) is 11.3 Å². The Balaban J connectivity index is 1.91. The molecule has 0 aliphatic heterocycles. The van der Waals surface area contributed by atoms with Crippen molar-refractivity contribution in [2.24, 2.45) is 5.41 Å². The minimum absolute atomic E-state index is 0.271. The lowest BCUT2D eigenvalue weighted by Gasteiger charge is -2.52. The van der Waals surface area contributed by atoms with Crippen LogP contribution in [0.3, 0.4) is 0 Å². The Labute approximate surface area is 127 Å². The van der Waals surface area contributed by atoms with Gasteiger partial charge in [-0.2, -0.15) is 0 Å². The van der Waals surface area contributed by atoms with Crippen molar-refractivity contribution in [1.82, 2.24) is 5.32 Å². The van der Waals surface area contributed by atoms with Crippen LogP contribution in [0.25, 0.3) is 11.0 Å². The van der Waals surface area contributed by atoms with E-state index < -0.39 is 0 Å². The summed E-state index contributed by atoms with van der Waals surface area (Å²) in [7, 11) is 0. The molecule has 1 aliphatic carbocycles. The third-order valence-corrected chi connectivity index (χ3v) is 5.31. The molecule has 2 nitrogen and oxygen atoms in total. The van der Waals surface area contributed by atoms with Crippen LogP contribution >= 0.6 is 0 Å². The topological polar surface area (TPSA) is 25.2 Å². The van der Waals surface area contributed by atoms with Gasteiger partial charge in [0.05, 0.1) is 0 Å². The summed E-state index contributed by atoms with van der Waals surface area (Å²) in [6.07, 6.45) is 3.44. The highest BCUT2D eigenvalue weighted by atomic mass is 16.3. The van der Waals surface area contributed by atoms with Crippen LogP contribution in [0.15, 0.2) is 28.7 Å². The molecule has 2 atom stereocenters. The van der Waals surface area contributed by atoms with E-state index in [9.17, 15) is 0 Å². The van der Waals surface area contributed by atoms with Crippen LogP contribution in [0.4, 0.5) is 0 Å². The molecule has 0 spiro atoms. The smallest absolute Gasteiger partial charge is 0.134 e. The van der Waals surface area contributed by atoms with E-state index in [0.717, 1.165) is 18.5 Å². The summed E-state index contributed by atoms with van der Waals surface area (Å²) in [5.41, 5.74) is 2.73. The van der Waals surface area contributed by atoms with Crippen molar-refractivity contribution in [1.29, 1.82) is 0 Å². The second kappa shape index (κ2) is 5.49. The molecule has 2 aromatic rings. The number of benzene rings is 1. The summed E-state index contributed by atoms with van der Waals surface area (Å²) in [6.45, 7) is 10.3. The van der Waals surface area contributed by atoms with Gasteiger partial charge in [-0.1, -0.05) is 45.9 Å². The van der Waals surface area contributed by atoms with Crippen molar-refractivity contribution in [2.45, 2.75) is 58.9 Å². The molecule has 2 unspecified atom stereocenters. The van der Waals surface area contributed by atoms with Gasteiger partial charge < -0.3 is 9.73 Å². The van der Waals surface area contributed by atoms with E-state index in [4.69, 9.17) is 4.42 Å². The number of hydrogen-bond acceptors (Lipinski definition) is 2. The summed E-state index contributed by atoms with van der Waals surface area (Å²) < 4.78 is 6.25. The van der Waals surface area contributed by atoms with Gasteiger partial charge in [0.25, 0.3) is 0 Å². The maximum Gasteiger partial charge on any atom is 0.134 e. The van der Waals surface area contributed by atoms with Crippen LogP contribution in [-0.4, -0.2) is 12.6 Å². The van der Waals surface area contributed by atoms with Crippen LogP contribution in [0.5, 0.6) is 0 Å². The van der Waals surface area contributed by atoms with Gasteiger partial charge in [-0.05, 0) is 37.3 Å². The van der Waals surface area contributed by atoms with Gasteiger partial charge in [0.15, 0.2) is 0 Å². The SMILES string of the molecule is CCCNC1CC(c2oc3ccccc3c2CC)C1(C)C. The predicted octanol–water partition coefficient (Wildman–Crippen LogP) is 4.88. The maximum absolute atomic E-state index is 6.25. The molecule has 0 bridgehead atoms. The van der Waals surface area contributed by atoms with E-state index in [0.29, 0.717) is 12.0 Å². The Hall–Kier alpha value is -1.28. The van der Waals surface area contributed by atoms with E-state index in [1.54, 1.807) is 0 Å². The zero-order valence-electron chi connectivity index (χ0n) is 13.7. The Morgan fingerprint density at radius 1 is 1.24 bits per heavy atom. The number of furan rings is 1. The molecule has 1 fully saturated rings. The number of para-hydroxylation sites is 1. The molecule has 0 radical (unpaired) electrons. The highest BCUT2D eigenvalue weighted by Crippen LogP contribution is 2.54. The van der Waals surface area contributed by atoms with Gasteiger partial charge in [-0.15, -0.1) is 0 Å². The minimum Gasteiger partial charge on any atom is -0.460 e. The summed E-state index contributed by atoms with van der Waals surface area (Å²) in [5.74, 6) is 1.77.